The SMILES string of the molecule is CCCNC(COC)(CC(N)=O)c1ccccc1. The molecule has 0 spiro atoms. The molecule has 0 aliphatic carbocycles. The number of nitrogens with two attached hydrogens (primary N) is 1. The number of carbonyl (C=O) groups is 1. The molecule has 3 N–H and O–H groups in total. The standard InChI is InChI=1S/C14H22N2O2/c1-3-9-16-14(11-18-2,10-13(15)17)12-7-5-4-6-8-12/h4-8,16H,3,9-11H2,1-2H3,(H2,15,17). The molecular weight excluding hydrogens is 228 g/mol. The highest BCUT2D eigenvalue weighted by Gasteiger charge is 2.33. The molecule has 1 unspecified atom stereocenters. The van der Waals surface area contributed by atoms with Gasteiger partial charge in [0.15, 0.2) is 0 Å². The maximum atomic E-state index is 11.4. The van der Waals surface area contributed by atoms with Crippen molar-refractivity contribution in [3.8, 4) is 0 Å². The van der Waals surface area contributed by atoms with Gasteiger partial charge in [-0.15, -0.1) is 0 Å². The Morgan fingerprint density at radius 1 is 1.39 bits per heavy atom. The summed E-state index contributed by atoms with van der Waals surface area (Å²) in [6.45, 7) is 3.31. The molecule has 1 aromatic carbocycles. The van der Waals surface area contributed by atoms with Crippen molar-refractivity contribution < 1.29 is 9.53 Å². The van der Waals surface area contributed by atoms with Crippen molar-refractivity contribution in [2.75, 3.05) is 20.3 Å². The van der Waals surface area contributed by atoms with Gasteiger partial charge in [-0.3, -0.25) is 4.79 Å². The van der Waals surface area contributed by atoms with Gasteiger partial charge in [0.25, 0.3) is 0 Å². The first-order chi connectivity index (χ1) is 8.64. The van der Waals surface area contributed by atoms with Gasteiger partial charge in [0.05, 0.1) is 18.6 Å². The molecule has 100 valence electrons. The van der Waals surface area contributed by atoms with E-state index in [0.29, 0.717) is 6.61 Å². The first kappa shape index (κ1) is 14.7. The Labute approximate surface area is 109 Å². The molecule has 4 heteroatoms. The van der Waals surface area contributed by atoms with Crippen LogP contribution in [0.2, 0.25) is 0 Å². The van der Waals surface area contributed by atoms with Crippen molar-refractivity contribution in [1.29, 1.82) is 0 Å². The molecule has 1 aromatic rings. The summed E-state index contributed by atoms with van der Waals surface area (Å²) in [4.78, 5) is 11.4. The van der Waals surface area contributed by atoms with Crippen LogP contribution >= 0.6 is 0 Å². The number of rotatable bonds is 8. The van der Waals surface area contributed by atoms with Gasteiger partial charge in [0, 0.05) is 7.11 Å². The summed E-state index contributed by atoms with van der Waals surface area (Å²) in [6, 6.07) is 9.84. The van der Waals surface area contributed by atoms with E-state index in [0.717, 1.165) is 18.5 Å². The zero-order chi connectivity index (χ0) is 13.4. The zero-order valence-electron chi connectivity index (χ0n) is 11.1. The van der Waals surface area contributed by atoms with Crippen LogP contribution in [0.3, 0.4) is 0 Å². The number of carbonyl (C=O) groups excluding carboxylic acids is 1. The van der Waals surface area contributed by atoms with Crippen molar-refractivity contribution in [3.05, 3.63) is 35.9 Å². The average molecular weight is 250 g/mol. The summed E-state index contributed by atoms with van der Waals surface area (Å²) in [7, 11) is 1.63. The summed E-state index contributed by atoms with van der Waals surface area (Å²) in [5.74, 6) is -0.334. The van der Waals surface area contributed by atoms with Gasteiger partial charge in [-0.05, 0) is 18.5 Å². The van der Waals surface area contributed by atoms with Crippen LogP contribution in [0.25, 0.3) is 0 Å². The van der Waals surface area contributed by atoms with Crippen LogP contribution in [-0.4, -0.2) is 26.2 Å². The summed E-state index contributed by atoms with van der Waals surface area (Å²) in [5.41, 5.74) is 5.88. The van der Waals surface area contributed by atoms with Crippen LogP contribution < -0.4 is 11.1 Å². The summed E-state index contributed by atoms with van der Waals surface area (Å²) in [5, 5.41) is 3.41. The number of amides is 1. The highest BCUT2D eigenvalue weighted by molar-refractivity contribution is 5.75. The Hall–Kier alpha value is -1.39. The summed E-state index contributed by atoms with van der Waals surface area (Å²) >= 11 is 0. The monoisotopic (exact) mass is 250 g/mol. The van der Waals surface area contributed by atoms with Crippen LogP contribution in [0.4, 0.5) is 0 Å². The Kier molecular flexibility index (Phi) is 5.82. The average Bonchev–Trinajstić information content (AvgIpc) is 2.36. The van der Waals surface area contributed by atoms with Gasteiger partial charge in [-0.25, -0.2) is 0 Å². The van der Waals surface area contributed by atoms with E-state index in [1.54, 1.807) is 7.11 Å². The Bertz CT molecular complexity index is 367. The van der Waals surface area contributed by atoms with E-state index in [9.17, 15) is 4.79 Å². The first-order valence-corrected chi connectivity index (χ1v) is 6.22. The lowest BCUT2D eigenvalue weighted by molar-refractivity contribution is -0.120. The zero-order valence-corrected chi connectivity index (χ0v) is 11.1. The highest BCUT2D eigenvalue weighted by atomic mass is 16.5. The minimum absolute atomic E-state index is 0.227. The lowest BCUT2D eigenvalue weighted by Gasteiger charge is -2.34. The molecule has 0 aliphatic heterocycles. The molecule has 0 aliphatic rings. The summed E-state index contributed by atoms with van der Waals surface area (Å²) in [6.07, 6.45) is 1.21. The third-order valence-corrected chi connectivity index (χ3v) is 2.91. The van der Waals surface area contributed by atoms with Crippen molar-refractivity contribution >= 4 is 5.91 Å². The number of nitrogens with one attached hydrogen (secondary N) is 1. The molecule has 1 amide bonds. The Morgan fingerprint density at radius 3 is 2.56 bits per heavy atom. The number of hydrogen-bond acceptors (Lipinski definition) is 3. The highest BCUT2D eigenvalue weighted by Crippen LogP contribution is 2.25. The van der Waals surface area contributed by atoms with Gasteiger partial charge in [0.2, 0.25) is 5.91 Å². The van der Waals surface area contributed by atoms with E-state index in [1.807, 2.05) is 30.3 Å². The number of primary amides is 1. The molecule has 0 saturated heterocycles. The third-order valence-electron chi connectivity index (χ3n) is 2.91. The molecule has 0 heterocycles. The van der Waals surface area contributed by atoms with E-state index < -0.39 is 5.54 Å². The Balaban J connectivity index is 3.06. The fourth-order valence-electron chi connectivity index (χ4n) is 2.12. The van der Waals surface area contributed by atoms with Crippen LogP contribution in [-0.2, 0) is 15.1 Å². The molecule has 0 fully saturated rings. The minimum Gasteiger partial charge on any atom is -0.382 e. The fraction of sp³-hybridized carbons (Fsp3) is 0.500. The predicted molar refractivity (Wildman–Crippen MR) is 72.1 cm³/mol. The van der Waals surface area contributed by atoms with Gasteiger partial charge in [-0.1, -0.05) is 37.3 Å². The molecule has 0 aromatic heterocycles. The van der Waals surface area contributed by atoms with Gasteiger partial charge in [0.1, 0.15) is 0 Å². The molecule has 4 nitrogen and oxygen atoms in total. The van der Waals surface area contributed by atoms with E-state index in [4.69, 9.17) is 10.5 Å². The quantitative estimate of drug-likeness (QED) is 0.733. The van der Waals surface area contributed by atoms with E-state index in [-0.39, 0.29) is 12.3 Å². The van der Waals surface area contributed by atoms with Gasteiger partial charge < -0.3 is 15.8 Å². The smallest absolute Gasteiger partial charge is 0.219 e. The molecule has 0 bridgehead atoms. The third kappa shape index (κ3) is 3.82. The van der Waals surface area contributed by atoms with Crippen molar-refractivity contribution in [1.82, 2.24) is 5.32 Å². The van der Waals surface area contributed by atoms with E-state index >= 15 is 0 Å². The topological polar surface area (TPSA) is 64.3 Å². The number of ether oxygens (including phenoxy) is 1. The number of benzene rings is 1. The predicted octanol–water partition coefficient (Wildman–Crippen LogP) is 1.40. The molecule has 1 atom stereocenters. The minimum atomic E-state index is -0.530. The second-order valence-corrected chi connectivity index (χ2v) is 4.45. The van der Waals surface area contributed by atoms with Gasteiger partial charge in [-0.2, -0.15) is 0 Å². The first-order valence-electron chi connectivity index (χ1n) is 6.22. The number of methoxy groups -OCH3 is 1. The van der Waals surface area contributed by atoms with Crippen LogP contribution in [0.1, 0.15) is 25.3 Å². The summed E-state index contributed by atoms with van der Waals surface area (Å²) < 4.78 is 5.29. The van der Waals surface area contributed by atoms with Gasteiger partial charge >= 0.3 is 0 Å². The molecule has 1 rings (SSSR count). The largest absolute Gasteiger partial charge is 0.382 e. The molecule has 0 saturated carbocycles. The second-order valence-electron chi connectivity index (χ2n) is 4.45. The Morgan fingerprint density at radius 2 is 2.06 bits per heavy atom. The lowest BCUT2D eigenvalue weighted by Crippen LogP contribution is -2.49. The maximum Gasteiger partial charge on any atom is 0.219 e. The molecule has 0 radical (unpaired) electrons. The molecule has 18 heavy (non-hydrogen) atoms. The normalized spacial score (nSPS) is 14.1. The van der Waals surface area contributed by atoms with Crippen molar-refractivity contribution in [2.45, 2.75) is 25.3 Å². The van der Waals surface area contributed by atoms with Crippen LogP contribution in [0.5, 0.6) is 0 Å². The van der Waals surface area contributed by atoms with Crippen molar-refractivity contribution in [3.63, 3.8) is 0 Å². The van der Waals surface area contributed by atoms with E-state index in [2.05, 4.69) is 12.2 Å². The second kappa shape index (κ2) is 7.13. The van der Waals surface area contributed by atoms with Crippen molar-refractivity contribution in [2.24, 2.45) is 5.73 Å². The van der Waals surface area contributed by atoms with Crippen LogP contribution in [0, 0.1) is 0 Å². The fourth-order valence-corrected chi connectivity index (χ4v) is 2.12. The van der Waals surface area contributed by atoms with E-state index in [1.165, 1.54) is 0 Å². The lowest BCUT2D eigenvalue weighted by atomic mass is 9.86. The molecular formula is C14H22N2O2. The van der Waals surface area contributed by atoms with Crippen LogP contribution in [0.15, 0.2) is 30.3 Å². The maximum absolute atomic E-state index is 11.4. The number of hydrogen-bond donors (Lipinski definition) is 2.